The van der Waals surface area contributed by atoms with Gasteiger partial charge in [-0.05, 0) is 0 Å². The number of hydrogen-bond acceptors (Lipinski definition) is 7. The van der Waals surface area contributed by atoms with Crippen LogP contribution in [0.25, 0.3) is 0 Å². The van der Waals surface area contributed by atoms with E-state index in [1.54, 1.807) is 0 Å². The Morgan fingerprint density at radius 3 is 0.786 bits per heavy atom. The van der Waals surface area contributed by atoms with Crippen LogP contribution in [0, 0.1) is 0 Å². The van der Waals surface area contributed by atoms with Gasteiger partial charge in [-0.2, -0.15) is 0 Å². The quantitative estimate of drug-likeness (QED) is 0.384. The molecule has 0 amide bonds. The second-order valence-corrected chi connectivity index (χ2v) is 4.37. The molecule has 0 rings (SSSR count). The van der Waals surface area contributed by atoms with Crippen molar-refractivity contribution in [2.75, 3.05) is 0 Å². The Labute approximate surface area is 125 Å². The zero-order valence-electron chi connectivity index (χ0n) is 6.54. The van der Waals surface area contributed by atoms with Crippen LogP contribution in [0.4, 0.5) is 0 Å². The number of rotatable bonds is 0. The molecule has 0 aromatic rings. The van der Waals surface area contributed by atoms with E-state index in [4.69, 9.17) is 3.67 Å². The predicted octanol–water partition coefficient (Wildman–Crippen LogP) is -0.791. The first-order valence-corrected chi connectivity index (χ1v) is 5.29. The van der Waals surface area contributed by atoms with Crippen LogP contribution in [0.5, 0.6) is 0 Å². The van der Waals surface area contributed by atoms with Crippen molar-refractivity contribution in [1.29, 1.82) is 0 Å². The van der Waals surface area contributed by atoms with E-state index in [1.165, 1.54) is 0 Å². The van der Waals surface area contributed by atoms with Gasteiger partial charge in [-0.1, -0.05) is 13.0 Å². The zero-order valence-corrected chi connectivity index (χ0v) is 12.8. The van der Waals surface area contributed by atoms with Crippen LogP contribution in [0.2, 0.25) is 0 Å². The van der Waals surface area contributed by atoms with Crippen molar-refractivity contribution in [3.63, 3.8) is 0 Å². The van der Waals surface area contributed by atoms with E-state index in [0.717, 1.165) is 17.4 Å². The molecule has 0 aromatic carbocycles. The third-order valence-corrected chi connectivity index (χ3v) is 0. The van der Waals surface area contributed by atoms with E-state index in [9.17, 15) is 0 Å². The first kappa shape index (κ1) is 24.1. The predicted molar refractivity (Wildman–Crippen MR) is 73.1 cm³/mol. The molecular formula is C3H6N3OS6V-3. The molecule has 0 saturated heterocycles. The van der Waals surface area contributed by atoms with Gasteiger partial charge in [0, 0.05) is 0 Å². The van der Waals surface area contributed by atoms with Gasteiger partial charge in [0.2, 0.25) is 0 Å². The van der Waals surface area contributed by atoms with Gasteiger partial charge in [0.05, 0.1) is 0 Å². The first-order chi connectivity index (χ1) is 6.20. The van der Waals surface area contributed by atoms with Crippen LogP contribution >= 0.6 is 36.7 Å². The maximum atomic E-state index is 8.19. The van der Waals surface area contributed by atoms with Gasteiger partial charge >= 0.3 is 21.0 Å². The van der Waals surface area contributed by atoms with Crippen molar-refractivity contribution >= 4 is 87.5 Å². The summed E-state index contributed by atoms with van der Waals surface area (Å²) in [4.78, 5) is 0. The molecule has 4 nitrogen and oxygen atoms in total. The molecule has 0 heterocycles. The van der Waals surface area contributed by atoms with Crippen molar-refractivity contribution in [1.82, 2.24) is 0 Å². The van der Waals surface area contributed by atoms with Crippen LogP contribution in [-0.2, 0) is 58.9 Å². The Kier molecular flexibility index (Phi) is 40.5. The third kappa shape index (κ3) is 3420. The van der Waals surface area contributed by atoms with Crippen molar-refractivity contribution in [2.45, 2.75) is 0 Å². The molecule has 0 aromatic heterocycles. The second kappa shape index (κ2) is 23.5. The fourth-order valence-electron chi connectivity index (χ4n) is 0. The monoisotopic (exact) mass is 343 g/mol. The fraction of sp³-hybridized carbons (Fsp3) is 0. The summed E-state index contributed by atoms with van der Waals surface area (Å²) in [5.74, 6) is 0. The SMILES string of the molecule is NC(=S)[S-].NC(=S)[S-].NC(=S)[S-].[O]=[V]. The third-order valence-electron chi connectivity index (χ3n) is 0. The Morgan fingerprint density at radius 1 is 0.786 bits per heavy atom. The molecule has 11 heteroatoms. The molecular weight excluding hydrogens is 337 g/mol. The molecule has 0 radical (unpaired) electrons. The van der Waals surface area contributed by atoms with Crippen LogP contribution < -0.4 is 17.2 Å². The van der Waals surface area contributed by atoms with Gasteiger partial charge in [0.15, 0.2) is 0 Å². The van der Waals surface area contributed by atoms with Crippen molar-refractivity contribution in [3.05, 3.63) is 0 Å². The average Bonchev–Trinajstić information content (AvgIpc) is 1.86. The summed E-state index contributed by atoms with van der Waals surface area (Å²) in [6, 6.07) is 0. The number of hydrogen-bond donors (Lipinski definition) is 3. The summed E-state index contributed by atoms with van der Waals surface area (Å²) in [6.45, 7) is 0. The fourth-order valence-corrected chi connectivity index (χ4v) is 0. The van der Waals surface area contributed by atoms with Crippen molar-refractivity contribution in [3.8, 4) is 0 Å². The second-order valence-electron chi connectivity index (χ2n) is 0.957. The van der Waals surface area contributed by atoms with Crippen LogP contribution in [0.15, 0.2) is 0 Å². The van der Waals surface area contributed by atoms with Gasteiger partial charge < -0.3 is 91.7 Å². The summed E-state index contributed by atoms with van der Waals surface area (Å²) >= 11 is 25.8. The standard InChI is InChI=1S/3CH3NS2.O.V/c3*2-1(3)4;;/h3*(H3,2,3,4);;/p-3. The van der Waals surface area contributed by atoms with Crippen LogP contribution in [0.1, 0.15) is 0 Å². The summed E-state index contributed by atoms with van der Waals surface area (Å²) in [7, 11) is 0. The number of thiocarbonyl (C=S) groups is 3. The first-order valence-electron chi connectivity index (χ1n) is 2.27. The van der Waals surface area contributed by atoms with Gasteiger partial charge in [-0.3, -0.25) is 0 Å². The maximum absolute atomic E-state index is 8.19. The molecule has 0 fully saturated rings. The molecule has 83 valence electrons. The summed E-state index contributed by atoms with van der Waals surface area (Å²) in [6.07, 6.45) is 0. The summed E-state index contributed by atoms with van der Waals surface area (Å²) in [5, 5.41) is 0. The Balaban J connectivity index is -0.0000000492. The number of nitrogens with two attached hydrogens (primary N) is 3. The molecule has 0 aliphatic carbocycles. The topological polar surface area (TPSA) is 95.1 Å². The van der Waals surface area contributed by atoms with Crippen molar-refractivity contribution in [2.24, 2.45) is 17.2 Å². The molecule has 0 aliphatic heterocycles. The Hall–Kier alpha value is 0.714. The minimum absolute atomic E-state index is 0.0833. The van der Waals surface area contributed by atoms with E-state index in [2.05, 4.69) is 91.7 Å². The van der Waals surface area contributed by atoms with Gasteiger partial charge in [-0.15, -0.1) is 0 Å². The van der Waals surface area contributed by atoms with E-state index in [1.807, 2.05) is 0 Å². The minimum atomic E-state index is 0.0833. The summed E-state index contributed by atoms with van der Waals surface area (Å²) in [5.41, 5.74) is 14.0. The van der Waals surface area contributed by atoms with E-state index < -0.39 is 0 Å². The molecule has 14 heavy (non-hydrogen) atoms. The van der Waals surface area contributed by atoms with Gasteiger partial charge in [0.25, 0.3) is 0 Å². The Morgan fingerprint density at radius 2 is 0.786 bits per heavy atom. The summed E-state index contributed by atoms with van der Waals surface area (Å²) < 4.78 is 8.44. The average molecular weight is 343 g/mol. The van der Waals surface area contributed by atoms with E-state index in [0.29, 0.717) is 0 Å². The van der Waals surface area contributed by atoms with Gasteiger partial charge in [0.1, 0.15) is 0 Å². The van der Waals surface area contributed by atoms with E-state index in [-0.39, 0.29) is 13.0 Å². The van der Waals surface area contributed by atoms with Crippen LogP contribution in [-0.4, -0.2) is 13.0 Å². The molecule has 0 saturated carbocycles. The normalized spacial score (nSPS) is 5.36. The van der Waals surface area contributed by atoms with Gasteiger partial charge in [-0.25, -0.2) is 0 Å². The molecule has 0 atom stereocenters. The molecule has 0 spiro atoms. The van der Waals surface area contributed by atoms with Crippen LogP contribution in [0.3, 0.4) is 0 Å². The van der Waals surface area contributed by atoms with E-state index >= 15 is 0 Å². The zero-order chi connectivity index (χ0) is 12.7. The molecule has 6 N–H and O–H groups in total. The molecule has 0 unspecified atom stereocenters. The molecule has 0 aliphatic rings. The van der Waals surface area contributed by atoms with Crippen molar-refractivity contribution < 1.29 is 21.0 Å². The molecule has 0 bridgehead atoms. The Bertz CT molecular complexity index is 137.